The highest BCUT2D eigenvalue weighted by Crippen LogP contribution is 2.13. The Hall–Kier alpha value is -2.02. The van der Waals surface area contributed by atoms with Crippen LogP contribution in [0.2, 0.25) is 0 Å². The van der Waals surface area contributed by atoms with Crippen LogP contribution in [-0.4, -0.2) is 19.6 Å². The lowest BCUT2D eigenvalue weighted by Crippen LogP contribution is -2.34. The normalized spacial score (nSPS) is 10.6. The van der Waals surface area contributed by atoms with Gasteiger partial charge in [-0.2, -0.15) is 5.26 Å². The number of benzene rings is 1. The maximum atomic E-state index is 11.7. The van der Waals surface area contributed by atoms with Gasteiger partial charge < -0.3 is 10.1 Å². The molecule has 0 spiro atoms. The Morgan fingerprint density at radius 2 is 2.22 bits per heavy atom. The predicted octanol–water partition coefficient (Wildman–Crippen LogP) is 1.90. The van der Waals surface area contributed by atoms with Crippen LogP contribution in [0.4, 0.5) is 0 Å². The van der Waals surface area contributed by atoms with Gasteiger partial charge in [0.25, 0.3) is 0 Å². The molecule has 1 aromatic carbocycles. The Morgan fingerprint density at radius 1 is 1.50 bits per heavy atom. The minimum atomic E-state index is -0.538. The molecule has 1 amide bonds. The van der Waals surface area contributed by atoms with E-state index in [4.69, 9.17) is 10.00 Å². The monoisotopic (exact) mass is 246 g/mol. The Balaban J connectivity index is 2.52. The van der Waals surface area contributed by atoms with E-state index in [0.29, 0.717) is 13.0 Å². The van der Waals surface area contributed by atoms with Crippen LogP contribution < -0.4 is 10.1 Å². The molecule has 4 heteroatoms. The predicted molar refractivity (Wildman–Crippen MR) is 69.1 cm³/mol. The van der Waals surface area contributed by atoms with Crippen LogP contribution in [0.3, 0.4) is 0 Å². The van der Waals surface area contributed by atoms with Gasteiger partial charge in [-0.25, -0.2) is 0 Å². The molecule has 18 heavy (non-hydrogen) atoms. The van der Waals surface area contributed by atoms with E-state index in [1.54, 1.807) is 21.0 Å². The summed E-state index contributed by atoms with van der Waals surface area (Å²) < 4.78 is 5.09. The number of carbonyl (C=O) groups is 1. The third kappa shape index (κ3) is 4.46. The molecule has 0 radical (unpaired) electrons. The lowest BCUT2D eigenvalue weighted by Gasteiger charge is -2.15. The first kappa shape index (κ1) is 14.0. The summed E-state index contributed by atoms with van der Waals surface area (Å²) in [6.07, 6.45) is 0.290. The summed E-state index contributed by atoms with van der Waals surface area (Å²) in [6, 6.07) is 9.53. The molecule has 0 heterocycles. The molecule has 0 aliphatic carbocycles. The van der Waals surface area contributed by atoms with Gasteiger partial charge in [-0.15, -0.1) is 0 Å². The molecule has 0 bridgehead atoms. The fourth-order valence-electron chi connectivity index (χ4n) is 1.39. The summed E-state index contributed by atoms with van der Waals surface area (Å²) in [6.45, 7) is 3.93. The van der Waals surface area contributed by atoms with Crippen molar-refractivity contribution >= 4 is 5.91 Å². The van der Waals surface area contributed by atoms with Gasteiger partial charge >= 0.3 is 0 Å². The van der Waals surface area contributed by atoms with Gasteiger partial charge in [-0.05, 0) is 31.5 Å². The maximum absolute atomic E-state index is 11.7. The molecule has 1 aromatic rings. The van der Waals surface area contributed by atoms with E-state index in [1.165, 1.54) is 0 Å². The van der Waals surface area contributed by atoms with Crippen molar-refractivity contribution in [1.29, 1.82) is 5.26 Å². The number of hydrogen-bond acceptors (Lipinski definition) is 3. The van der Waals surface area contributed by atoms with Crippen LogP contribution in [-0.2, 0) is 11.2 Å². The fraction of sp³-hybridized carbons (Fsp3) is 0.429. The topological polar surface area (TPSA) is 62.1 Å². The summed E-state index contributed by atoms with van der Waals surface area (Å²) in [5.74, 6) is 0.643. The van der Waals surface area contributed by atoms with Crippen molar-refractivity contribution in [1.82, 2.24) is 5.32 Å². The zero-order valence-corrected chi connectivity index (χ0v) is 11.0. The molecule has 1 N–H and O–H groups in total. The second-order valence-corrected chi connectivity index (χ2v) is 4.80. The van der Waals surface area contributed by atoms with Gasteiger partial charge in [-0.1, -0.05) is 12.1 Å². The van der Waals surface area contributed by atoms with Crippen molar-refractivity contribution in [2.24, 2.45) is 5.41 Å². The molecular formula is C14H18N2O2. The van der Waals surface area contributed by atoms with Crippen LogP contribution in [0.5, 0.6) is 5.75 Å². The molecule has 0 saturated carbocycles. The molecule has 0 aliphatic heterocycles. The SMILES string of the molecule is COc1cccc(CC(=O)NCC(C)(C)C#N)c1. The molecule has 1 rings (SSSR count). The number of nitriles is 1. The Labute approximate surface area is 108 Å². The highest BCUT2D eigenvalue weighted by molar-refractivity contribution is 5.78. The summed E-state index contributed by atoms with van der Waals surface area (Å²) >= 11 is 0. The van der Waals surface area contributed by atoms with Gasteiger partial charge in [0.15, 0.2) is 0 Å². The minimum absolute atomic E-state index is 0.0911. The number of amides is 1. The summed E-state index contributed by atoms with van der Waals surface area (Å²) in [7, 11) is 1.59. The third-order valence-corrected chi connectivity index (χ3v) is 2.53. The van der Waals surface area contributed by atoms with Gasteiger partial charge in [0.1, 0.15) is 5.75 Å². The number of methoxy groups -OCH3 is 1. The molecule has 96 valence electrons. The second kappa shape index (κ2) is 6.06. The number of rotatable bonds is 5. The van der Waals surface area contributed by atoms with Crippen molar-refractivity contribution in [3.8, 4) is 11.8 Å². The van der Waals surface area contributed by atoms with Crippen LogP contribution in [0.15, 0.2) is 24.3 Å². The van der Waals surface area contributed by atoms with Gasteiger partial charge in [-0.3, -0.25) is 4.79 Å². The minimum Gasteiger partial charge on any atom is -0.497 e. The Bertz CT molecular complexity index is 461. The fourth-order valence-corrected chi connectivity index (χ4v) is 1.39. The van der Waals surface area contributed by atoms with Crippen LogP contribution >= 0.6 is 0 Å². The van der Waals surface area contributed by atoms with Crippen LogP contribution in [0.25, 0.3) is 0 Å². The molecule has 0 aliphatic rings. The molecule has 0 unspecified atom stereocenters. The van der Waals surface area contributed by atoms with Crippen molar-refractivity contribution in [2.45, 2.75) is 20.3 Å². The van der Waals surface area contributed by atoms with Crippen molar-refractivity contribution in [2.75, 3.05) is 13.7 Å². The van der Waals surface area contributed by atoms with Crippen molar-refractivity contribution < 1.29 is 9.53 Å². The molecule has 0 atom stereocenters. The highest BCUT2D eigenvalue weighted by atomic mass is 16.5. The smallest absolute Gasteiger partial charge is 0.224 e. The van der Waals surface area contributed by atoms with E-state index in [2.05, 4.69) is 11.4 Å². The molecule has 0 aromatic heterocycles. The summed E-state index contributed by atoms with van der Waals surface area (Å²) in [5.41, 5.74) is 0.353. The standard InChI is InChI=1S/C14H18N2O2/c1-14(2,9-15)10-16-13(17)8-11-5-4-6-12(7-11)18-3/h4-7H,8,10H2,1-3H3,(H,16,17). The first-order valence-corrected chi connectivity index (χ1v) is 5.78. The average molecular weight is 246 g/mol. The first-order chi connectivity index (χ1) is 8.46. The molecule has 0 saturated heterocycles. The van der Waals surface area contributed by atoms with Crippen molar-refractivity contribution in [3.63, 3.8) is 0 Å². The van der Waals surface area contributed by atoms with Crippen molar-refractivity contribution in [3.05, 3.63) is 29.8 Å². The number of nitrogens with one attached hydrogen (secondary N) is 1. The summed E-state index contributed by atoms with van der Waals surface area (Å²) in [4.78, 5) is 11.7. The maximum Gasteiger partial charge on any atom is 0.224 e. The van der Waals surface area contributed by atoms with Gasteiger partial charge in [0.05, 0.1) is 25.0 Å². The van der Waals surface area contributed by atoms with Gasteiger partial charge in [0.2, 0.25) is 5.91 Å². The number of hydrogen-bond donors (Lipinski definition) is 1. The summed E-state index contributed by atoms with van der Waals surface area (Å²) in [5, 5.41) is 11.6. The highest BCUT2D eigenvalue weighted by Gasteiger charge is 2.17. The zero-order chi connectivity index (χ0) is 13.6. The first-order valence-electron chi connectivity index (χ1n) is 5.78. The van der Waals surface area contributed by atoms with E-state index in [0.717, 1.165) is 11.3 Å². The molecular weight excluding hydrogens is 228 g/mol. The van der Waals surface area contributed by atoms with E-state index in [-0.39, 0.29) is 5.91 Å². The van der Waals surface area contributed by atoms with E-state index in [1.807, 2.05) is 24.3 Å². The number of carbonyl (C=O) groups excluding carboxylic acids is 1. The largest absolute Gasteiger partial charge is 0.497 e. The van der Waals surface area contributed by atoms with E-state index >= 15 is 0 Å². The Morgan fingerprint density at radius 3 is 2.83 bits per heavy atom. The average Bonchev–Trinajstić information content (AvgIpc) is 2.37. The second-order valence-electron chi connectivity index (χ2n) is 4.80. The lowest BCUT2D eigenvalue weighted by molar-refractivity contribution is -0.120. The Kier molecular flexibility index (Phi) is 4.73. The number of ether oxygens (including phenoxy) is 1. The number of nitrogens with zero attached hydrogens (tertiary/aromatic N) is 1. The molecule has 0 fully saturated rings. The van der Waals surface area contributed by atoms with E-state index in [9.17, 15) is 4.79 Å². The van der Waals surface area contributed by atoms with E-state index < -0.39 is 5.41 Å². The van der Waals surface area contributed by atoms with Crippen LogP contribution in [0.1, 0.15) is 19.4 Å². The zero-order valence-electron chi connectivity index (χ0n) is 11.0. The quantitative estimate of drug-likeness (QED) is 0.863. The molecule has 4 nitrogen and oxygen atoms in total. The third-order valence-electron chi connectivity index (χ3n) is 2.53. The van der Waals surface area contributed by atoms with Gasteiger partial charge in [0, 0.05) is 6.54 Å². The van der Waals surface area contributed by atoms with Crippen LogP contribution in [0, 0.1) is 16.7 Å². The lowest BCUT2D eigenvalue weighted by atomic mass is 9.96.